The van der Waals surface area contributed by atoms with Gasteiger partial charge >= 0.3 is 0 Å². The average molecular weight is 174 g/mol. The van der Waals surface area contributed by atoms with E-state index < -0.39 is 0 Å². The van der Waals surface area contributed by atoms with E-state index in [2.05, 4.69) is 31.0 Å². The van der Waals surface area contributed by atoms with Crippen LogP contribution in [0.4, 0.5) is 5.69 Å². The van der Waals surface area contributed by atoms with Crippen molar-refractivity contribution in [2.75, 3.05) is 5.73 Å². The number of hydrogen-bond acceptors (Lipinski definition) is 1. The smallest absolute Gasteiger partial charge is 0.0474 e. The standard InChI is InChI=1S/C11H14N2/c1-7(2)9-5-8-3-4-13-11(8)6-10(9)12/h3-7,13H,12H2,1-2H3. The zero-order chi connectivity index (χ0) is 9.42. The summed E-state index contributed by atoms with van der Waals surface area (Å²) in [4.78, 5) is 3.15. The van der Waals surface area contributed by atoms with Gasteiger partial charge in [-0.2, -0.15) is 0 Å². The molecule has 0 spiro atoms. The Morgan fingerprint density at radius 1 is 1.31 bits per heavy atom. The van der Waals surface area contributed by atoms with Crippen LogP contribution in [0.5, 0.6) is 0 Å². The molecule has 1 aromatic heterocycles. The van der Waals surface area contributed by atoms with Gasteiger partial charge in [0, 0.05) is 17.4 Å². The Hall–Kier alpha value is -1.44. The molecule has 2 heteroatoms. The summed E-state index contributed by atoms with van der Waals surface area (Å²) < 4.78 is 0. The van der Waals surface area contributed by atoms with E-state index in [1.54, 1.807) is 0 Å². The molecular weight excluding hydrogens is 160 g/mol. The van der Waals surface area contributed by atoms with Crippen LogP contribution < -0.4 is 5.73 Å². The zero-order valence-corrected chi connectivity index (χ0v) is 7.96. The molecule has 0 amide bonds. The molecule has 0 saturated heterocycles. The van der Waals surface area contributed by atoms with Crippen molar-refractivity contribution in [2.45, 2.75) is 19.8 Å². The van der Waals surface area contributed by atoms with E-state index in [0.29, 0.717) is 5.92 Å². The van der Waals surface area contributed by atoms with Gasteiger partial charge in [-0.1, -0.05) is 13.8 Å². The number of nitrogens with two attached hydrogens (primary N) is 1. The van der Waals surface area contributed by atoms with Gasteiger partial charge in [0.2, 0.25) is 0 Å². The van der Waals surface area contributed by atoms with Crippen molar-refractivity contribution in [3.8, 4) is 0 Å². The molecule has 2 rings (SSSR count). The third-order valence-electron chi connectivity index (χ3n) is 2.38. The first-order valence-corrected chi connectivity index (χ1v) is 4.55. The van der Waals surface area contributed by atoms with Crippen molar-refractivity contribution in [1.29, 1.82) is 0 Å². The molecular formula is C11H14N2. The van der Waals surface area contributed by atoms with E-state index in [4.69, 9.17) is 5.73 Å². The highest BCUT2D eigenvalue weighted by molar-refractivity contribution is 5.84. The molecule has 2 aromatic rings. The van der Waals surface area contributed by atoms with Crippen LogP contribution >= 0.6 is 0 Å². The maximum atomic E-state index is 5.93. The topological polar surface area (TPSA) is 41.8 Å². The Balaban J connectivity index is 2.69. The number of aromatic amines is 1. The quantitative estimate of drug-likeness (QED) is 0.641. The number of H-pyrrole nitrogens is 1. The third kappa shape index (κ3) is 1.28. The van der Waals surface area contributed by atoms with Gasteiger partial charge in [-0.25, -0.2) is 0 Å². The van der Waals surface area contributed by atoms with Crippen molar-refractivity contribution in [2.24, 2.45) is 0 Å². The molecule has 0 bridgehead atoms. The van der Waals surface area contributed by atoms with Crippen molar-refractivity contribution >= 4 is 16.6 Å². The average Bonchev–Trinajstić information content (AvgIpc) is 2.48. The normalized spacial score (nSPS) is 11.3. The van der Waals surface area contributed by atoms with Crippen LogP contribution in [0.25, 0.3) is 10.9 Å². The number of aromatic nitrogens is 1. The maximum absolute atomic E-state index is 5.93. The lowest BCUT2D eigenvalue weighted by atomic mass is 10.00. The van der Waals surface area contributed by atoms with Crippen molar-refractivity contribution in [3.63, 3.8) is 0 Å². The van der Waals surface area contributed by atoms with Gasteiger partial charge in [-0.05, 0) is 35.1 Å². The highest BCUT2D eigenvalue weighted by Crippen LogP contribution is 2.26. The van der Waals surface area contributed by atoms with Crippen LogP contribution in [-0.4, -0.2) is 4.98 Å². The van der Waals surface area contributed by atoms with E-state index in [1.807, 2.05) is 12.3 Å². The number of nitrogen functional groups attached to an aromatic ring is 1. The molecule has 13 heavy (non-hydrogen) atoms. The molecule has 0 aliphatic carbocycles. The van der Waals surface area contributed by atoms with E-state index >= 15 is 0 Å². The Labute approximate surface area is 77.8 Å². The molecule has 68 valence electrons. The Morgan fingerprint density at radius 3 is 2.77 bits per heavy atom. The summed E-state index contributed by atoms with van der Waals surface area (Å²) in [6, 6.07) is 6.23. The first kappa shape index (κ1) is 8.17. The van der Waals surface area contributed by atoms with E-state index in [-0.39, 0.29) is 0 Å². The van der Waals surface area contributed by atoms with Crippen molar-refractivity contribution in [3.05, 3.63) is 30.0 Å². The van der Waals surface area contributed by atoms with Gasteiger partial charge in [0.1, 0.15) is 0 Å². The molecule has 0 aliphatic heterocycles. The van der Waals surface area contributed by atoms with Gasteiger partial charge in [0.15, 0.2) is 0 Å². The number of fused-ring (bicyclic) bond motifs is 1. The molecule has 1 heterocycles. The fraction of sp³-hybridized carbons (Fsp3) is 0.273. The first-order valence-electron chi connectivity index (χ1n) is 4.55. The lowest BCUT2D eigenvalue weighted by Gasteiger charge is -2.09. The van der Waals surface area contributed by atoms with E-state index in [1.165, 1.54) is 10.9 Å². The lowest BCUT2D eigenvalue weighted by molar-refractivity contribution is 0.872. The molecule has 2 nitrogen and oxygen atoms in total. The summed E-state index contributed by atoms with van der Waals surface area (Å²) in [5.41, 5.74) is 9.15. The van der Waals surface area contributed by atoms with Crippen LogP contribution in [0, 0.1) is 0 Å². The summed E-state index contributed by atoms with van der Waals surface area (Å²) >= 11 is 0. The minimum absolute atomic E-state index is 0.485. The van der Waals surface area contributed by atoms with Crippen LogP contribution in [-0.2, 0) is 0 Å². The van der Waals surface area contributed by atoms with Crippen LogP contribution in [0.2, 0.25) is 0 Å². The Kier molecular flexibility index (Phi) is 1.76. The van der Waals surface area contributed by atoms with Crippen molar-refractivity contribution < 1.29 is 0 Å². The molecule has 0 unspecified atom stereocenters. The predicted octanol–water partition coefficient (Wildman–Crippen LogP) is 2.87. The summed E-state index contributed by atoms with van der Waals surface area (Å²) in [5.74, 6) is 0.485. The van der Waals surface area contributed by atoms with Gasteiger partial charge in [0.25, 0.3) is 0 Å². The first-order chi connectivity index (χ1) is 6.18. The highest BCUT2D eigenvalue weighted by Gasteiger charge is 2.05. The third-order valence-corrected chi connectivity index (χ3v) is 2.38. The largest absolute Gasteiger partial charge is 0.398 e. The van der Waals surface area contributed by atoms with Gasteiger partial charge in [-0.3, -0.25) is 0 Å². The summed E-state index contributed by atoms with van der Waals surface area (Å²) in [6.45, 7) is 4.31. The number of rotatable bonds is 1. The zero-order valence-electron chi connectivity index (χ0n) is 7.96. The molecule has 3 N–H and O–H groups in total. The number of nitrogens with one attached hydrogen (secondary N) is 1. The SMILES string of the molecule is CC(C)c1cc2cc[nH]c2cc1N. The van der Waals surface area contributed by atoms with Gasteiger partial charge in [0.05, 0.1) is 0 Å². The molecule has 0 fully saturated rings. The molecule has 1 aromatic carbocycles. The minimum atomic E-state index is 0.485. The number of benzene rings is 1. The summed E-state index contributed by atoms with van der Waals surface area (Å²) in [7, 11) is 0. The summed E-state index contributed by atoms with van der Waals surface area (Å²) in [6.07, 6.45) is 1.94. The number of hydrogen-bond donors (Lipinski definition) is 2. The van der Waals surface area contributed by atoms with Crippen LogP contribution in [0.1, 0.15) is 25.3 Å². The molecule has 0 saturated carbocycles. The highest BCUT2D eigenvalue weighted by atomic mass is 14.7. The van der Waals surface area contributed by atoms with Crippen LogP contribution in [0.3, 0.4) is 0 Å². The monoisotopic (exact) mass is 174 g/mol. The Morgan fingerprint density at radius 2 is 2.08 bits per heavy atom. The predicted molar refractivity (Wildman–Crippen MR) is 56.8 cm³/mol. The second-order valence-electron chi connectivity index (χ2n) is 3.70. The fourth-order valence-electron chi connectivity index (χ4n) is 1.63. The van der Waals surface area contributed by atoms with E-state index in [9.17, 15) is 0 Å². The minimum Gasteiger partial charge on any atom is -0.398 e. The second kappa shape index (κ2) is 2.80. The van der Waals surface area contributed by atoms with E-state index in [0.717, 1.165) is 11.2 Å². The number of anilines is 1. The molecule has 0 radical (unpaired) electrons. The van der Waals surface area contributed by atoms with Crippen LogP contribution in [0.15, 0.2) is 24.4 Å². The maximum Gasteiger partial charge on any atom is 0.0474 e. The summed E-state index contributed by atoms with van der Waals surface area (Å²) in [5, 5.41) is 1.23. The fourth-order valence-corrected chi connectivity index (χ4v) is 1.63. The molecule has 0 aliphatic rings. The lowest BCUT2D eigenvalue weighted by Crippen LogP contribution is -1.95. The Bertz CT molecular complexity index is 427. The van der Waals surface area contributed by atoms with Gasteiger partial charge in [-0.15, -0.1) is 0 Å². The second-order valence-corrected chi connectivity index (χ2v) is 3.70. The van der Waals surface area contributed by atoms with Crippen molar-refractivity contribution in [1.82, 2.24) is 4.98 Å². The van der Waals surface area contributed by atoms with Gasteiger partial charge < -0.3 is 10.7 Å². The molecule has 0 atom stereocenters.